The highest BCUT2D eigenvalue weighted by molar-refractivity contribution is 5.81. The van der Waals surface area contributed by atoms with Crippen molar-refractivity contribution in [2.24, 2.45) is 5.73 Å². The Hall–Kier alpha value is -1.03. The number of nitrogens with two attached hydrogens (primary N) is 1. The van der Waals surface area contributed by atoms with Gasteiger partial charge in [-0.2, -0.15) is 0 Å². The van der Waals surface area contributed by atoms with E-state index in [1.165, 1.54) is 13.4 Å². The van der Waals surface area contributed by atoms with E-state index in [0.29, 0.717) is 0 Å². The van der Waals surface area contributed by atoms with E-state index >= 15 is 0 Å². The van der Waals surface area contributed by atoms with Gasteiger partial charge in [-0.25, -0.2) is 4.79 Å². The van der Waals surface area contributed by atoms with Crippen molar-refractivity contribution in [3.8, 4) is 0 Å². The Bertz CT molecular complexity index is 202. The summed E-state index contributed by atoms with van der Waals surface area (Å²) in [4.78, 5) is 11.1. The van der Waals surface area contributed by atoms with Gasteiger partial charge >= 0.3 is 5.97 Å². The van der Waals surface area contributed by atoms with Gasteiger partial charge in [-0.15, -0.1) is 0 Å². The lowest BCUT2D eigenvalue weighted by Crippen LogP contribution is -2.49. The first kappa shape index (κ1) is 8.07. The van der Waals surface area contributed by atoms with Crippen LogP contribution in [0, 0.1) is 0 Å². The van der Waals surface area contributed by atoms with E-state index in [2.05, 4.69) is 4.74 Å². The Morgan fingerprint density at radius 3 is 2.82 bits per heavy atom. The lowest BCUT2D eigenvalue weighted by Gasteiger charge is -2.24. The number of methoxy groups -OCH3 is 1. The molecule has 2 unspecified atom stereocenters. The molecule has 2 atom stereocenters. The van der Waals surface area contributed by atoms with Crippen LogP contribution in [0.3, 0.4) is 0 Å². The van der Waals surface area contributed by atoms with Gasteiger partial charge in [0.25, 0.3) is 0 Å². The third-order valence-corrected chi connectivity index (χ3v) is 1.83. The first-order chi connectivity index (χ1) is 5.11. The van der Waals surface area contributed by atoms with Gasteiger partial charge in [0, 0.05) is 0 Å². The van der Waals surface area contributed by atoms with Crippen LogP contribution in [-0.4, -0.2) is 24.7 Å². The lowest BCUT2D eigenvalue weighted by atomic mass is 9.99. The summed E-state index contributed by atoms with van der Waals surface area (Å²) < 4.78 is 9.55. The fraction of sp³-hybridized carbons (Fsp3) is 0.571. The van der Waals surface area contributed by atoms with E-state index < -0.39 is 17.6 Å². The Labute approximate surface area is 65.0 Å². The van der Waals surface area contributed by atoms with Gasteiger partial charge < -0.3 is 15.2 Å². The highest BCUT2D eigenvalue weighted by atomic mass is 16.6. The van der Waals surface area contributed by atoms with Gasteiger partial charge in [-0.05, 0) is 13.0 Å². The molecule has 0 radical (unpaired) electrons. The number of esters is 1. The smallest absolute Gasteiger partial charge is 0.351 e. The summed E-state index contributed by atoms with van der Waals surface area (Å²) in [5, 5.41) is 0. The Balaban J connectivity index is 2.76. The Kier molecular flexibility index (Phi) is 1.87. The van der Waals surface area contributed by atoms with Crippen molar-refractivity contribution >= 4 is 5.97 Å². The first-order valence-corrected chi connectivity index (χ1v) is 3.29. The van der Waals surface area contributed by atoms with Gasteiger partial charge in [-0.1, -0.05) is 0 Å². The average Bonchev–Trinajstić information content (AvgIpc) is 2.32. The third-order valence-electron chi connectivity index (χ3n) is 1.83. The molecule has 0 saturated carbocycles. The van der Waals surface area contributed by atoms with E-state index in [1.54, 1.807) is 13.0 Å². The average molecular weight is 157 g/mol. The topological polar surface area (TPSA) is 61.5 Å². The fourth-order valence-corrected chi connectivity index (χ4v) is 0.914. The molecule has 1 heterocycles. The molecule has 2 N–H and O–H groups in total. The lowest BCUT2D eigenvalue weighted by molar-refractivity contribution is -0.160. The molecule has 0 aromatic rings. The maximum Gasteiger partial charge on any atom is 0.351 e. The molecule has 0 saturated heterocycles. The zero-order chi connectivity index (χ0) is 8.48. The largest absolute Gasteiger partial charge is 0.482 e. The van der Waals surface area contributed by atoms with Crippen LogP contribution in [0.5, 0.6) is 0 Å². The number of carbonyl (C=O) groups is 1. The predicted molar refractivity (Wildman–Crippen MR) is 38.6 cm³/mol. The van der Waals surface area contributed by atoms with Gasteiger partial charge in [0.1, 0.15) is 0 Å². The number of hydrogen-bond donors (Lipinski definition) is 1. The molecule has 11 heavy (non-hydrogen) atoms. The van der Waals surface area contributed by atoms with Gasteiger partial charge in [0.15, 0.2) is 0 Å². The number of rotatable bonds is 1. The van der Waals surface area contributed by atoms with E-state index in [1.807, 2.05) is 0 Å². The molecule has 1 rings (SSSR count). The molecule has 4 heteroatoms. The number of hydrogen-bond acceptors (Lipinski definition) is 4. The summed E-state index contributed by atoms with van der Waals surface area (Å²) in [7, 11) is 1.31. The van der Waals surface area contributed by atoms with E-state index in [-0.39, 0.29) is 0 Å². The highest BCUT2D eigenvalue weighted by Crippen LogP contribution is 2.22. The standard InChI is InChI=1S/C7H11NO3/c1-7(6(9)10-2)5(8)3-4-11-7/h3-5H,8H2,1-2H3. The minimum atomic E-state index is -1.03. The van der Waals surface area contributed by atoms with Gasteiger partial charge in [0.05, 0.1) is 19.4 Å². The quantitative estimate of drug-likeness (QED) is 0.535. The molecule has 62 valence electrons. The molecular weight excluding hydrogens is 146 g/mol. The molecule has 0 aromatic carbocycles. The Morgan fingerprint density at radius 1 is 1.82 bits per heavy atom. The molecule has 0 bridgehead atoms. The van der Waals surface area contributed by atoms with E-state index in [0.717, 1.165) is 0 Å². The van der Waals surface area contributed by atoms with Crippen molar-refractivity contribution in [3.05, 3.63) is 12.3 Å². The molecule has 1 aliphatic rings. The summed E-state index contributed by atoms with van der Waals surface area (Å²) in [6, 6.07) is -0.421. The van der Waals surface area contributed by atoms with Crippen molar-refractivity contribution < 1.29 is 14.3 Å². The monoisotopic (exact) mass is 157 g/mol. The summed E-state index contributed by atoms with van der Waals surface area (Å²) >= 11 is 0. The maximum atomic E-state index is 11.1. The second-order valence-electron chi connectivity index (χ2n) is 2.57. The first-order valence-electron chi connectivity index (χ1n) is 3.29. The highest BCUT2D eigenvalue weighted by Gasteiger charge is 2.44. The van der Waals surface area contributed by atoms with E-state index in [4.69, 9.17) is 10.5 Å². The second kappa shape index (κ2) is 2.54. The summed E-state index contributed by atoms with van der Waals surface area (Å²) in [6.07, 6.45) is 3.04. The fourth-order valence-electron chi connectivity index (χ4n) is 0.914. The van der Waals surface area contributed by atoms with Crippen LogP contribution in [0.4, 0.5) is 0 Å². The van der Waals surface area contributed by atoms with Gasteiger partial charge in [-0.3, -0.25) is 0 Å². The molecule has 4 nitrogen and oxygen atoms in total. The summed E-state index contributed by atoms with van der Waals surface area (Å²) in [5.41, 5.74) is 4.54. The van der Waals surface area contributed by atoms with Crippen molar-refractivity contribution in [1.82, 2.24) is 0 Å². The van der Waals surface area contributed by atoms with Crippen molar-refractivity contribution in [2.75, 3.05) is 7.11 Å². The number of carbonyl (C=O) groups excluding carboxylic acids is 1. The molecule has 0 aliphatic carbocycles. The molecule has 0 fully saturated rings. The van der Waals surface area contributed by atoms with Crippen LogP contribution in [0.2, 0.25) is 0 Å². The zero-order valence-electron chi connectivity index (χ0n) is 6.53. The van der Waals surface area contributed by atoms with Crippen LogP contribution in [0.1, 0.15) is 6.92 Å². The van der Waals surface area contributed by atoms with Crippen molar-refractivity contribution in [3.63, 3.8) is 0 Å². The minimum Gasteiger partial charge on any atom is -0.482 e. The van der Waals surface area contributed by atoms with Crippen LogP contribution >= 0.6 is 0 Å². The molecule has 0 spiro atoms. The zero-order valence-corrected chi connectivity index (χ0v) is 6.53. The van der Waals surface area contributed by atoms with Crippen molar-refractivity contribution in [1.29, 1.82) is 0 Å². The van der Waals surface area contributed by atoms with Crippen LogP contribution < -0.4 is 5.73 Å². The Morgan fingerprint density at radius 2 is 2.45 bits per heavy atom. The predicted octanol–water partition coefficient (Wildman–Crippen LogP) is -0.211. The van der Waals surface area contributed by atoms with Gasteiger partial charge in [0.2, 0.25) is 5.60 Å². The third kappa shape index (κ3) is 1.09. The maximum absolute atomic E-state index is 11.1. The molecule has 0 aromatic heterocycles. The second-order valence-corrected chi connectivity index (χ2v) is 2.57. The summed E-state index contributed by atoms with van der Waals surface area (Å²) in [6.45, 7) is 1.60. The molecular formula is C7H11NO3. The van der Waals surface area contributed by atoms with E-state index in [9.17, 15) is 4.79 Å². The van der Waals surface area contributed by atoms with Crippen LogP contribution in [0.15, 0.2) is 12.3 Å². The van der Waals surface area contributed by atoms with Crippen molar-refractivity contribution in [2.45, 2.75) is 18.6 Å². The normalized spacial score (nSPS) is 35.0. The van der Waals surface area contributed by atoms with Crippen LogP contribution in [-0.2, 0) is 14.3 Å². The summed E-state index contributed by atoms with van der Waals surface area (Å²) in [5.74, 6) is -0.449. The molecule has 1 aliphatic heterocycles. The number of ether oxygens (including phenoxy) is 2. The van der Waals surface area contributed by atoms with Crippen LogP contribution in [0.25, 0.3) is 0 Å². The minimum absolute atomic E-state index is 0.421. The SMILES string of the molecule is COC(=O)C1(C)OC=CC1N. The molecule has 0 amide bonds.